The molecule has 0 spiro atoms. The van der Waals surface area contributed by atoms with Crippen molar-refractivity contribution in [3.63, 3.8) is 0 Å². The molecule has 10 heteroatoms. The van der Waals surface area contributed by atoms with E-state index in [1.54, 1.807) is 12.1 Å². The third-order valence-electron chi connectivity index (χ3n) is 15.6. The number of aromatic hydroxyl groups is 2. The topological polar surface area (TPSA) is 81.0 Å². The van der Waals surface area contributed by atoms with Gasteiger partial charge < -0.3 is 14.8 Å². The summed E-state index contributed by atoms with van der Waals surface area (Å²) in [6.07, 6.45) is 0. The van der Waals surface area contributed by atoms with Crippen molar-refractivity contribution in [1.29, 1.82) is 0 Å². The third kappa shape index (κ3) is 8.68. The number of aromatic nitrogens is 5. The smallest absolute Gasteiger partial charge is 0.149 e. The van der Waals surface area contributed by atoms with Crippen LogP contribution in [-0.2, 0) is 21.1 Å². The summed E-state index contributed by atoms with van der Waals surface area (Å²) in [5.74, 6) is 1.53. The summed E-state index contributed by atoms with van der Waals surface area (Å²) in [6, 6.07) is 76.2. The molecule has 79 heavy (non-hydrogen) atoms. The standard InChI is InChI=1S/C69H59N5O2Si2.Pt/c1-44-22-21-31-50(45-23-11-8-12-24-45)67(44)72-57-38-40-59-65(70-68(51-29-17-19-32-61(51)75)73(59)55-36-34-48(77(2,3)4)42-53(55)46-25-13-9-14-26-46)63(57)64-58(72)39-41-60-66(64)71-69(52-30-18-20-33-62(52)76)74(60)56-37-35-49(78(5,6)7)43-54(56)47-27-15-10-16-28-47;/h8-43,75-76H,1-7H3;. The van der Waals surface area contributed by atoms with E-state index in [0.717, 1.165) is 99.9 Å². The fourth-order valence-corrected chi connectivity index (χ4v) is 13.9. The molecule has 0 amide bonds. The molecule has 0 aliphatic carbocycles. The van der Waals surface area contributed by atoms with E-state index in [-0.39, 0.29) is 32.6 Å². The second-order valence-electron chi connectivity index (χ2n) is 22.6. The summed E-state index contributed by atoms with van der Waals surface area (Å²) < 4.78 is 6.92. The molecule has 0 bridgehead atoms. The van der Waals surface area contributed by atoms with Crippen molar-refractivity contribution < 1.29 is 31.3 Å². The second-order valence-corrected chi connectivity index (χ2v) is 32.8. The van der Waals surface area contributed by atoms with Crippen LogP contribution < -0.4 is 10.4 Å². The molecule has 3 aromatic heterocycles. The zero-order valence-corrected chi connectivity index (χ0v) is 49.5. The quantitative estimate of drug-likeness (QED) is 0.134. The minimum Gasteiger partial charge on any atom is -0.507 e. The van der Waals surface area contributed by atoms with E-state index < -0.39 is 16.1 Å². The van der Waals surface area contributed by atoms with Gasteiger partial charge in [-0.2, -0.15) is 0 Å². The Labute approximate surface area is 477 Å². The number of nitrogens with zero attached hydrogens (tertiary/aromatic N) is 5. The summed E-state index contributed by atoms with van der Waals surface area (Å²) in [4.78, 5) is 11.6. The van der Waals surface area contributed by atoms with Crippen LogP contribution in [0.2, 0.25) is 39.3 Å². The Morgan fingerprint density at radius 3 is 1.13 bits per heavy atom. The molecule has 0 aliphatic rings. The molecule has 0 aliphatic heterocycles. The maximum atomic E-state index is 11.9. The van der Waals surface area contributed by atoms with Crippen molar-refractivity contribution in [2.45, 2.75) is 46.2 Å². The predicted octanol–water partition coefficient (Wildman–Crippen LogP) is 16.6. The van der Waals surface area contributed by atoms with Gasteiger partial charge in [-0.3, -0.25) is 9.13 Å². The number of rotatable bonds is 10. The van der Waals surface area contributed by atoms with Gasteiger partial charge in [0.25, 0.3) is 0 Å². The maximum absolute atomic E-state index is 11.9. The Hall–Kier alpha value is -8.34. The normalized spacial score (nSPS) is 12.0. The number of aryl methyl sites for hydroxylation is 1. The van der Waals surface area contributed by atoms with Gasteiger partial charge in [0.2, 0.25) is 0 Å². The van der Waals surface area contributed by atoms with E-state index in [2.05, 4.69) is 230 Å². The Bertz CT molecular complexity index is 4250. The van der Waals surface area contributed by atoms with Crippen LogP contribution >= 0.6 is 0 Å². The first kappa shape index (κ1) is 51.4. The van der Waals surface area contributed by atoms with Crippen LogP contribution in [-0.4, -0.2) is 50.0 Å². The van der Waals surface area contributed by atoms with Gasteiger partial charge in [-0.1, -0.05) is 207 Å². The van der Waals surface area contributed by atoms with Crippen LogP contribution in [0.25, 0.3) is 117 Å². The van der Waals surface area contributed by atoms with Gasteiger partial charge in [-0.25, -0.2) is 9.97 Å². The number of phenols is 2. The van der Waals surface area contributed by atoms with Crippen LogP contribution in [0.5, 0.6) is 11.5 Å². The van der Waals surface area contributed by atoms with Gasteiger partial charge in [-0.05, 0) is 89.8 Å². The molecule has 13 aromatic rings. The molecule has 10 aromatic carbocycles. The molecule has 3 heterocycles. The van der Waals surface area contributed by atoms with Gasteiger partial charge >= 0.3 is 0 Å². The van der Waals surface area contributed by atoms with Gasteiger partial charge in [0.15, 0.2) is 0 Å². The molecular formula is C69H59N5O2PtSi2. The molecule has 0 fully saturated rings. The van der Waals surface area contributed by atoms with Gasteiger partial charge in [0, 0.05) is 48.5 Å². The summed E-state index contributed by atoms with van der Waals surface area (Å²) in [5, 5.41) is 28.4. The van der Waals surface area contributed by atoms with Crippen LogP contribution in [0.1, 0.15) is 5.56 Å². The molecule has 390 valence electrons. The summed E-state index contributed by atoms with van der Waals surface area (Å²) in [6.45, 7) is 16.5. The van der Waals surface area contributed by atoms with E-state index in [1.807, 2.05) is 36.4 Å². The first-order valence-electron chi connectivity index (χ1n) is 26.8. The number of hydrogen-bond donors (Lipinski definition) is 2. The minimum absolute atomic E-state index is 0. The number of phenolic OH excluding ortho intramolecular Hbond substituents is 2. The van der Waals surface area contributed by atoms with Crippen LogP contribution in [0.3, 0.4) is 0 Å². The van der Waals surface area contributed by atoms with Gasteiger partial charge in [0.05, 0.1) is 77.4 Å². The molecule has 0 saturated heterocycles. The summed E-state index contributed by atoms with van der Waals surface area (Å²) in [5.41, 5.74) is 17.2. The van der Waals surface area contributed by atoms with Crippen molar-refractivity contribution in [3.8, 4) is 84.7 Å². The van der Waals surface area contributed by atoms with E-state index in [1.165, 1.54) is 10.4 Å². The van der Waals surface area contributed by atoms with Gasteiger partial charge in [0.1, 0.15) is 23.1 Å². The van der Waals surface area contributed by atoms with E-state index in [4.69, 9.17) is 9.97 Å². The second kappa shape index (κ2) is 19.8. The summed E-state index contributed by atoms with van der Waals surface area (Å²) >= 11 is 0. The predicted molar refractivity (Wildman–Crippen MR) is 331 cm³/mol. The fraction of sp³-hybridized carbons (Fsp3) is 0.101. The zero-order valence-electron chi connectivity index (χ0n) is 45.2. The molecule has 0 saturated carbocycles. The number of benzene rings is 10. The average Bonchev–Trinajstić information content (AvgIpc) is 3.55. The van der Waals surface area contributed by atoms with Crippen LogP contribution in [0.15, 0.2) is 218 Å². The number of para-hydroxylation sites is 3. The maximum Gasteiger partial charge on any atom is 0.149 e. The molecule has 2 N–H and O–H groups in total. The summed E-state index contributed by atoms with van der Waals surface area (Å²) in [7, 11) is -3.56. The SMILES string of the molecule is Cc1cccc(-c2ccccc2)c1-n1c2ccc3c(nc(-c4ccccc4O)n3-c3ccc([Si](C)(C)C)cc3-c3ccccc3)c2c2c3nc(-c4ccccc4O)n(-c4ccc([Si](C)(C)C)cc4-c4ccccc4)c3ccc21.[Pt]. The number of fused-ring (bicyclic) bond motifs is 7. The largest absolute Gasteiger partial charge is 0.507 e. The Morgan fingerprint density at radius 2 is 0.722 bits per heavy atom. The van der Waals surface area contributed by atoms with Crippen molar-refractivity contribution in [2.24, 2.45) is 0 Å². The monoisotopic (exact) mass is 1240 g/mol. The molecule has 0 unspecified atom stereocenters. The van der Waals surface area contributed by atoms with E-state index in [0.29, 0.717) is 22.8 Å². The van der Waals surface area contributed by atoms with Crippen molar-refractivity contribution in [3.05, 3.63) is 224 Å². The Morgan fingerprint density at radius 1 is 0.354 bits per heavy atom. The van der Waals surface area contributed by atoms with Gasteiger partial charge in [-0.15, -0.1) is 0 Å². The zero-order chi connectivity index (χ0) is 53.6. The molecular weight excluding hydrogens is 1180 g/mol. The molecule has 0 radical (unpaired) electrons. The fourth-order valence-electron chi connectivity index (χ4n) is 11.6. The Balaban J connectivity index is 0.00000623. The number of imidazole rings is 2. The van der Waals surface area contributed by atoms with E-state index in [9.17, 15) is 10.2 Å². The Kier molecular flexibility index (Phi) is 12.9. The minimum atomic E-state index is -1.78. The molecule has 13 rings (SSSR count). The average molecular weight is 1240 g/mol. The van der Waals surface area contributed by atoms with Crippen LogP contribution in [0.4, 0.5) is 0 Å². The van der Waals surface area contributed by atoms with Crippen molar-refractivity contribution in [1.82, 2.24) is 23.7 Å². The number of hydrogen-bond acceptors (Lipinski definition) is 4. The van der Waals surface area contributed by atoms with E-state index >= 15 is 0 Å². The molecule has 7 nitrogen and oxygen atoms in total. The van der Waals surface area contributed by atoms with Crippen molar-refractivity contribution in [2.75, 3.05) is 0 Å². The first-order valence-corrected chi connectivity index (χ1v) is 33.8. The third-order valence-corrected chi connectivity index (χ3v) is 19.6. The van der Waals surface area contributed by atoms with Crippen LogP contribution in [0, 0.1) is 6.92 Å². The molecule has 0 atom stereocenters. The first-order chi connectivity index (χ1) is 37.7. The van der Waals surface area contributed by atoms with Crippen molar-refractivity contribution >= 4 is 70.4 Å².